The lowest BCUT2D eigenvalue weighted by Crippen LogP contribution is -2.04. The Bertz CT molecular complexity index is 1180. The molecule has 4 aromatic carbocycles. The van der Waals surface area contributed by atoms with E-state index in [1.54, 1.807) is 6.07 Å². The van der Waals surface area contributed by atoms with Crippen LogP contribution in [-0.2, 0) is 0 Å². The summed E-state index contributed by atoms with van der Waals surface area (Å²) >= 11 is 0. The van der Waals surface area contributed by atoms with Gasteiger partial charge in [-0.1, -0.05) is 78.9 Å². The van der Waals surface area contributed by atoms with Crippen molar-refractivity contribution in [1.82, 2.24) is 0 Å². The Morgan fingerprint density at radius 1 is 0.633 bits per heavy atom. The zero-order chi connectivity index (χ0) is 21.5. The zero-order valence-corrected chi connectivity index (χ0v) is 15.7. The molecule has 6 heteroatoms. The number of ether oxygens (including phenoxy) is 1. The molecule has 0 saturated heterocycles. The molecule has 0 heterocycles. The number of hydrogen-bond donors (Lipinski definition) is 3. The molecule has 0 atom stereocenters. The van der Waals surface area contributed by atoms with Gasteiger partial charge in [-0.2, -0.15) is 0 Å². The van der Waals surface area contributed by atoms with Crippen LogP contribution in [0.3, 0.4) is 0 Å². The Morgan fingerprint density at radius 3 is 1.97 bits per heavy atom. The van der Waals surface area contributed by atoms with E-state index in [9.17, 15) is 4.79 Å². The minimum atomic E-state index is -1.83. The largest absolute Gasteiger partial charge is 0.511 e. The van der Waals surface area contributed by atoms with Crippen LogP contribution >= 0.6 is 0 Å². The van der Waals surface area contributed by atoms with E-state index < -0.39 is 12.3 Å². The molecule has 6 nitrogen and oxygen atoms in total. The molecule has 0 aliphatic rings. The van der Waals surface area contributed by atoms with Crippen molar-refractivity contribution in [2.24, 2.45) is 0 Å². The summed E-state index contributed by atoms with van der Waals surface area (Å²) in [6.45, 7) is 0. The van der Waals surface area contributed by atoms with Gasteiger partial charge < -0.3 is 20.1 Å². The average Bonchev–Trinajstić information content (AvgIpc) is 2.73. The molecule has 0 spiro atoms. The van der Waals surface area contributed by atoms with Crippen LogP contribution in [0.5, 0.6) is 5.75 Å². The number of carboxylic acid groups (broad SMARTS) is 3. The first kappa shape index (κ1) is 20.4. The van der Waals surface area contributed by atoms with Gasteiger partial charge in [0, 0.05) is 5.56 Å². The van der Waals surface area contributed by atoms with Gasteiger partial charge in [-0.3, -0.25) is 0 Å². The van der Waals surface area contributed by atoms with Crippen LogP contribution < -0.4 is 4.74 Å². The Kier molecular flexibility index (Phi) is 6.29. The van der Waals surface area contributed by atoms with E-state index in [-0.39, 0.29) is 0 Å². The molecule has 0 bridgehead atoms. The van der Waals surface area contributed by atoms with E-state index in [1.165, 1.54) is 0 Å². The summed E-state index contributed by atoms with van der Waals surface area (Å²) in [6, 6.07) is 29.6. The smallest absolute Gasteiger partial charge is 0.450 e. The van der Waals surface area contributed by atoms with E-state index in [0.29, 0.717) is 5.75 Å². The van der Waals surface area contributed by atoms with Gasteiger partial charge in [0.25, 0.3) is 0 Å². The summed E-state index contributed by atoms with van der Waals surface area (Å²) in [4.78, 5) is 19.6. The van der Waals surface area contributed by atoms with E-state index in [1.807, 2.05) is 60.7 Å². The maximum Gasteiger partial charge on any atom is 0.511 e. The van der Waals surface area contributed by atoms with Crippen molar-refractivity contribution in [3.05, 3.63) is 91.0 Å². The van der Waals surface area contributed by atoms with Crippen LogP contribution in [0.4, 0.5) is 9.59 Å². The van der Waals surface area contributed by atoms with Crippen LogP contribution in [-0.4, -0.2) is 27.6 Å². The summed E-state index contributed by atoms with van der Waals surface area (Å²) in [5, 5.41) is 25.3. The van der Waals surface area contributed by atoms with Crippen molar-refractivity contribution >= 4 is 23.1 Å². The van der Waals surface area contributed by atoms with Crippen LogP contribution in [0.2, 0.25) is 0 Å². The molecule has 3 N–H and O–H groups in total. The fourth-order valence-electron chi connectivity index (χ4n) is 3.20. The first-order chi connectivity index (χ1) is 14.5. The highest BCUT2D eigenvalue weighted by molar-refractivity contribution is 5.97. The monoisotopic (exact) mass is 402 g/mol. The van der Waals surface area contributed by atoms with E-state index in [2.05, 4.69) is 24.3 Å². The molecule has 0 aliphatic heterocycles. The molecular formula is C24H18O6. The van der Waals surface area contributed by atoms with Crippen LogP contribution in [0, 0.1) is 0 Å². The minimum absolute atomic E-state index is 0.327. The summed E-state index contributed by atoms with van der Waals surface area (Å²) in [5.74, 6) is 0.327. The Labute approximate surface area is 172 Å². The van der Waals surface area contributed by atoms with Crippen LogP contribution in [0.1, 0.15) is 0 Å². The molecule has 0 aliphatic carbocycles. The minimum Gasteiger partial charge on any atom is -0.450 e. The molecule has 4 aromatic rings. The quantitative estimate of drug-likeness (QED) is 0.269. The number of hydrogen-bond acceptors (Lipinski definition) is 3. The lowest BCUT2D eigenvalue weighted by Gasteiger charge is -2.12. The number of carbonyl (C=O) groups is 2. The molecule has 0 amide bonds. The van der Waals surface area contributed by atoms with Gasteiger partial charge in [0.15, 0.2) is 0 Å². The normalized spacial score (nSPS) is 10.0. The molecule has 0 unspecified atom stereocenters. The predicted molar refractivity (Wildman–Crippen MR) is 114 cm³/mol. The lowest BCUT2D eigenvalue weighted by atomic mass is 9.95. The highest BCUT2D eigenvalue weighted by atomic mass is 16.7. The highest BCUT2D eigenvalue weighted by Crippen LogP contribution is 2.36. The number of fused-ring (bicyclic) bond motifs is 1. The fourth-order valence-corrected chi connectivity index (χ4v) is 3.20. The maximum absolute atomic E-state index is 11.1. The van der Waals surface area contributed by atoms with Gasteiger partial charge in [-0.15, -0.1) is 0 Å². The predicted octanol–water partition coefficient (Wildman–Crippen LogP) is 6.45. The third kappa shape index (κ3) is 4.94. The second kappa shape index (κ2) is 9.25. The molecule has 4 rings (SSSR count). The average molecular weight is 402 g/mol. The maximum atomic E-state index is 11.1. The lowest BCUT2D eigenvalue weighted by molar-refractivity contribution is 0.136. The zero-order valence-electron chi connectivity index (χ0n) is 15.7. The molecule has 0 saturated carbocycles. The van der Waals surface area contributed by atoms with Gasteiger partial charge in [0.1, 0.15) is 5.75 Å². The van der Waals surface area contributed by atoms with Gasteiger partial charge >= 0.3 is 12.3 Å². The van der Waals surface area contributed by atoms with Crippen molar-refractivity contribution in [2.75, 3.05) is 0 Å². The first-order valence-electron chi connectivity index (χ1n) is 8.96. The van der Waals surface area contributed by atoms with Gasteiger partial charge in [0.05, 0.1) is 0 Å². The van der Waals surface area contributed by atoms with E-state index in [0.717, 1.165) is 33.0 Å². The van der Waals surface area contributed by atoms with E-state index in [4.69, 9.17) is 24.9 Å². The fraction of sp³-hybridized carbons (Fsp3) is 0. The Hall–Kier alpha value is -4.32. The second-order valence-electron chi connectivity index (χ2n) is 6.25. The van der Waals surface area contributed by atoms with Crippen LogP contribution in [0.25, 0.3) is 33.0 Å². The third-order valence-electron chi connectivity index (χ3n) is 4.36. The standard InChI is InChI=1S/C23H16O3.CH2O3/c24-23(25)26-22-14-13-18(15-21(22)17-7-2-1-3-8-17)20-12-6-10-16-9-4-5-11-19(16)20;2-1(3)4/h1-15H,(H,24,25);(H2,2,3,4). The second-order valence-corrected chi connectivity index (χ2v) is 6.25. The molecular weight excluding hydrogens is 384 g/mol. The molecule has 0 fully saturated rings. The highest BCUT2D eigenvalue weighted by Gasteiger charge is 2.13. The summed E-state index contributed by atoms with van der Waals surface area (Å²) in [7, 11) is 0. The summed E-state index contributed by atoms with van der Waals surface area (Å²) in [5.41, 5.74) is 3.77. The third-order valence-corrected chi connectivity index (χ3v) is 4.36. The molecule has 0 radical (unpaired) electrons. The number of rotatable bonds is 3. The summed E-state index contributed by atoms with van der Waals surface area (Å²) < 4.78 is 4.99. The van der Waals surface area contributed by atoms with Crippen molar-refractivity contribution in [2.45, 2.75) is 0 Å². The van der Waals surface area contributed by atoms with Crippen molar-refractivity contribution in [3.8, 4) is 28.0 Å². The molecule has 150 valence electrons. The Balaban J connectivity index is 0.000000589. The topological polar surface area (TPSA) is 104 Å². The summed E-state index contributed by atoms with van der Waals surface area (Å²) in [6.07, 6.45) is -3.15. The van der Waals surface area contributed by atoms with Crippen molar-refractivity contribution < 1.29 is 29.6 Å². The van der Waals surface area contributed by atoms with Crippen LogP contribution in [0.15, 0.2) is 91.0 Å². The first-order valence-corrected chi connectivity index (χ1v) is 8.96. The van der Waals surface area contributed by atoms with Gasteiger partial charge in [-0.05, 0) is 39.6 Å². The SMILES string of the molecule is O=C(O)O.O=C(O)Oc1ccc(-c2cccc3ccccc23)cc1-c1ccccc1. The van der Waals surface area contributed by atoms with Gasteiger partial charge in [-0.25, -0.2) is 9.59 Å². The van der Waals surface area contributed by atoms with Crippen molar-refractivity contribution in [1.29, 1.82) is 0 Å². The van der Waals surface area contributed by atoms with Gasteiger partial charge in [0.2, 0.25) is 0 Å². The van der Waals surface area contributed by atoms with Crippen molar-refractivity contribution in [3.63, 3.8) is 0 Å². The Morgan fingerprint density at radius 2 is 1.27 bits per heavy atom. The van der Waals surface area contributed by atoms with E-state index >= 15 is 0 Å². The molecule has 0 aromatic heterocycles. The molecule has 30 heavy (non-hydrogen) atoms. The number of benzene rings is 4.